The van der Waals surface area contributed by atoms with Gasteiger partial charge >= 0.3 is 0 Å². The zero-order valence-electron chi connectivity index (χ0n) is 14.6. The van der Waals surface area contributed by atoms with E-state index in [1.807, 2.05) is 12.1 Å². The number of aromatic nitrogens is 3. The number of anilines is 2. The Hall–Kier alpha value is -3.68. The Morgan fingerprint density at radius 1 is 0.963 bits per heavy atom. The number of halogens is 1. The first-order valence-corrected chi connectivity index (χ1v) is 8.04. The topological polar surface area (TPSA) is 82.3 Å². The SMILES string of the molecule is COc1cc(Nc2ncnc3onc(-c4ccc(F)cc4)c23)cc(OC)c1. The minimum Gasteiger partial charge on any atom is -0.497 e. The first-order chi connectivity index (χ1) is 13.2. The van der Waals surface area contributed by atoms with Gasteiger partial charge in [0.25, 0.3) is 5.71 Å². The molecule has 0 atom stereocenters. The van der Waals surface area contributed by atoms with Crippen LogP contribution in [0.1, 0.15) is 0 Å². The van der Waals surface area contributed by atoms with Gasteiger partial charge in [0.05, 0.1) is 14.2 Å². The van der Waals surface area contributed by atoms with E-state index in [0.717, 1.165) is 0 Å². The lowest BCUT2D eigenvalue weighted by atomic mass is 10.1. The molecular weight excluding hydrogens is 351 g/mol. The minimum absolute atomic E-state index is 0.321. The summed E-state index contributed by atoms with van der Waals surface area (Å²) >= 11 is 0. The van der Waals surface area contributed by atoms with Crippen molar-refractivity contribution in [1.82, 2.24) is 15.1 Å². The number of ether oxygens (including phenoxy) is 2. The number of nitrogens with zero attached hydrogens (tertiary/aromatic N) is 3. The average Bonchev–Trinajstić information content (AvgIpc) is 3.13. The van der Waals surface area contributed by atoms with Crippen LogP contribution in [0, 0.1) is 5.82 Å². The van der Waals surface area contributed by atoms with E-state index in [4.69, 9.17) is 14.0 Å². The van der Waals surface area contributed by atoms with E-state index in [2.05, 4.69) is 20.4 Å². The second-order valence-electron chi connectivity index (χ2n) is 5.67. The fourth-order valence-electron chi connectivity index (χ4n) is 2.70. The van der Waals surface area contributed by atoms with Gasteiger partial charge in [0.15, 0.2) is 0 Å². The second-order valence-corrected chi connectivity index (χ2v) is 5.67. The van der Waals surface area contributed by atoms with E-state index < -0.39 is 0 Å². The molecule has 0 bridgehead atoms. The molecule has 0 saturated carbocycles. The van der Waals surface area contributed by atoms with Crippen molar-refractivity contribution in [1.29, 1.82) is 0 Å². The highest BCUT2D eigenvalue weighted by Gasteiger charge is 2.17. The van der Waals surface area contributed by atoms with E-state index in [1.54, 1.807) is 32.4 Å². The van der Waals surface area contributed by atoms with Crippen molar-refractivity contribution in [2.24, 2.45) is 0 Å². The van der Waals surface area contributed by atoms with Crippen molar-refractivity contribution in [3.05, 3.63) is 54.6 Å². The third-order valence-corrected chi connectivity index (χ3v) is 4.00. The van der Waals surface area contributed by atoms with Crippen LogP contribution in [-0.2, 0) is 0 Å². The summed E-state index contributed by atoms with van der Waals surface area (Å²) in [6.45, 7) is 0. The molecule has 0 aliphatic carbocycles. The van der Waals surface area contributed by atoms with Crippen LogP contribution < -0.4 is 14.8 Å². The van der Waals surface area contributed by atoms with E-state index in [-0.39, 0.29) is 5.82 Å². The second kappa shape index (κ2) is 6.91. The van der Waals surface area contributed by atoms with Crippen LogP contribution in [0.4, 0.5) is 15.9 Å². The molecule has 0 unspecified atom stereocenters. The van der Waals surface area contributed by atoms with Crippen LogP contribution in [0.2, 0.25) is 0 Å². The van der Waals surface area contributed by atoms with Crippen LogP contribution in [0.15, 0.2) is 53.3 Å². The smallest absolute Gasteiger partial charge is 0.263 e. The van der Waals surface area contributed by atoms with Crippen LogP contribution in [0.3, 0.4) is 0 Å². The monoisotopic (exact) mass is 366 g/mol. The normalized spacial score (nSPS) is 10.8. The maximum atomic E-state index is 13.2. The van der Waals surface area contributed by atoms with Crippen molar-refractivity contribution in [3.8, 4) is 22.8 Å². The molecule has 8 heteroatoms. The molecule has 0 radical (unpaired) electrons. The summed E-state index contributed by atoms with van der Waals surface area (Å²) in [6.07, 6.45) is 1.38. The zero-order valence-corrected chi connectivity index (χ0v) is 14.6. The molecule has 136 valence electrons. The molecule has 0 fully saturated rings. The molecule has 1 N–H and O–H groups in total. The van der Waals surface area contributed by atoms with E-state index in [9.17, 15) is 4.39 Å². The lowest BCUT2D eigenvalue weighted by Gasteiger charge is -2.10. The van der Waals surface area contributed by atoms with Gasteiger partial charge in [-0.3, -0.25) is 0 Å². The molecule has 0 amide bonds. The zero-order chi connectivity index (χ0) is 18.8. The average molecular weight is 366 g/mol. The summed E-state index contributed by atoms with van der Waals surface area (Å²) in [5.74, 6) is 1.43. The van der Waals surface area contributed by atoms with Gasteiger partial charge in [-0.2, -0.15) is 4.98 Å². The number of methoxy groups -OCH3 is 2. The highest BCUT2D eigenvalue weighted by molar-refractivity contribution is 5.98. The molecule has 0 aliphatic heterocycles. The summed E-state index contributed by atoms with van der Waals surface area (Å²) in [5, 5.41) is 7.88. The van der Waals surface area contributed by atoms with Gasteiger partial charge in [0.1, 0.15) is 40.5 Å². The van der Waals surface area contributed by atoms with Crippen LogP contribution in [0.5, 0.6) is 11.5 Å². The first-order valence-electron chi connectivity index (χ1n) is 8.04. The fourth-order valence-corrected chi connectivity index (χ4v) is 2.70. The Balaban J connectivity index is 1.81. The van der Waals surface area contributed by atoms with E-state index in [1.165, 1.54) is 18.5 Å². The summed E-state index contributed by atoms with van der Waals surface area (Å²) < 4.78 is 29.2. The fraction of sp³-hybridized carbons (Fsp3) is 0.105. The molecular formula is C19H15FN4O3. The number of nitrogens with one attached hydrogen (secondary N) is 1. The molecule has 2 heterocycles. The number of fused-ring (bicyclic) bond motifs is 1. The number of benzene rings is 2. The summed E-state index contributed by atoms with van der Waals surface area (Å²) in [5.41, 5.74) is 2.23. The maximum Gasteiger partial charge on any atom is 0.263 e. The van der Waals surface area contributed by atoms with Crippen molar-refractivity contribution in [2.45, 2.75) is 0 Å². The lowest BCUT2D eigenvalue weighted by molar-refractivity contribution is 0.395. The van der Waals surface area contributed by atoms with E-state index in [0.29, 0.717) is 45.4 Å². The number of rotatable bonds is 5. The molecule has 4 rings (SSSR count). The molecule has 0 aliphatic rings. The molecule has 0 spiro atoms. The van der Waals surface area contributed by atoms with Crippen molar-refractivity contribution in [3.63, 3.8) is 0 Å². The highest BCUT2D eigenvalue weighted by atomic mass is 19.1. The Bertz CT molecular complexity index is 1070. The molecule has 2 aromatic carbocycles. The standard InChI is InChI=1S/C19H15FN4O3/c1-25-14-7-13(8-15(9-14)26-2)23-18-16-17(11-3-5-12(20)6-4-11)24-27-19(16)22-10-21-18/h3-10H,1-2H3,(H,21,22,23). The van der Waals surface area contributed by atoms with Gasteiger partial charge in [-0.25, -0.2) is 9.37 Å². The Labute approximate surface area is 153 Å². The first kappa shape index (κ1) is 16.8. The van der Waals surface area contributed by atoms with Crippen molar-refractivity contribution < 1.29 is 18.4 Å². The van der Waals surface area contributed by atoms with Crippen molar-refractivity contribution >= 4 is 22.6 Å². The quantitative estimate of drug-likeness (QED) is 0.567. The Morgan fingerprint density at radius 3 is 2.33 bits per heavy atom. The third-order valence-electron chi connectivity index (χ3n) is 4.00. The summed E-state index contributed by atoms with van der Waals surface area (Å²) in [4.78, 5) is 8.42. The largest absolute Gasteiger partial charge is 0.497 e. The Kier molecular flexibility index (Phi) is 4.29. The van der Waals surface area contributed by atoms with Gasteiger partial charge < -0.3 is 19.3 Å². The highest BCUT2D eigenvalue weighted by Crippen LogP contribution is 2.34. The van der Waals surface area contributed by atoms with Crippen LogP contribution in [0.25, 0.3) is 22.4 Å². The maximum absolute atomic E-state index is 13.2. The van der Waals surface area contributed by atoms with Gasteiger partial charge in [-0.1, -0.05) is 5.16 Å². The molecule has 4 aromatic rings. The third kappa shape index (κ3) is 3.24. The minimum atomic E-state index is -0.329. The lowest BCUT2D eigenvalue weighted by Crippen LogP contribution is -1.97. The number of hydrogen-bond donors (Lipinski definition) is 1. The molecule has 2 aromatic heterocycles. The van der Waals surface area contributed by atoms with Crippen molar-refractivity contribution in [2.75, 3.05) is 19.5 Å². The molecule has 7 nitrogen and oxygen atoms in total. The number of hydrogen-bond acceptors (Lipinski definition) is 7. The van der Waals surface area contributed by atoms with Gasteiger partial charge in [0.2, 0.25) is 0 Å². The predicted octanol–water partition coefficient (Wildman–Crippen LogP) is 4.18. The summed E-state index contributed by atoms with van der Waals surface area (Å²) in [6, 6.07) is 11.3. The van der Waals surface area contributed by atoms with Gasteiger partial charge in [-0.15, -0.1) is 0 Å². The van der Waals surface area contributed by atoms with E-state index >= 15 is 0 Å². The van der Waals surface area contributed by atoms with Gasteiger partial charge in [-0.05, 0) is 24.3 Å². The Morgan fingerprint density at radius 2 is 1.67 bits per heavy atom. The summed E-state index contributed by atoms with van der Waals surface area (Å²) in [7, 11) is 3.15. The molecule has 0 saturated heterocycles. The molecule has 27 heavy (non-hydrogen) atoms. The van der Waals surface area contributed by atoms with Crippen LogP contribution in [-0.4, -0.2) is 29.3 Å². The van der Waals surface area contributed by atoms with Crippen LogP contribution >= 0.6 is 0 Å². The van der Waals surface area contributed by atoms with Gasteiger partial charge in [0, 0.05) is 29.4 Å². The predicted molar refractivity (Wildman–Crippen MR) is 97.8 cm³/mol.